The molecule has 1 aliphatic rings. The number of para-hydroxylation sites is 1. The van der Waals surface area contributed by atoms with Crippen molar-refractivity contribution >= 4 is 23.4 Å². The monoisotopic (exact) mass is 531 g/mol. The van der Waals surface area contributed by atoms with Crippen molar-refractivity contribution in [2.45, 2.75) is 33.4 Å². The topological polar surface area (TPSA) is 120 Å². The molecule has 2 amide bonds. The summed E-state index contributed by atoms with van der Waals surface area (Å²) in [5, 5.41) is 15.0. The minimum atomic E-state index is -1.17. The number of rotatable bonds is 10. The number of nitro groups is 1. The van der Waals surface area contributed by atoms with Crippen molar-refractivity contribution in [1.29, 1.82) is 0 Å². The third-order valence-electron chi connectivity index (χ3n) is 6.13. The third-order valence-corrected chi connectivity index (χ3v) is 6.13. The first-order chi connectivity index (χ1) is 18.8. The Labute approximate surface area is 225 Å². The lowest BCUT2D eigenvalue weighted by molar-refractivity contribution is -0.385. The van der Waals surface area contributed by atoms with Gasteiger partial charge >= 0.3 is 12.0 Å². The van der Waals surface area contributed by atoms with E-state index in [1.54, 1.807) is 51.1 Å². The maximum atomic E-state index is 13.3. The number of carbonyl (C=O) groups is 2. The molecule has 10 heteroatoms. The van der Waals surface area contributed by atoms with Crippen LogP contribution in [0.4, 0.5) is 16.2 Å². The van der Waals surface area contributed by atoms with Crippen molar-refractivity contribution in [2.24, 2.45) is 0 Å². The number of hydrogen-bond donors (Lipinski definition) is 1. The highest BCUT2D eigenvalue weighted by Gasteiger charge is 2.40. The number of nitro benzene ring substituents is 1. The van der Waals surface area contributed by atoms with E-state index in [1.807, 2.05) is 30.3 Å². The number of esters is 1. The molecule has 0 saturated carbocycles. The Bertz CT molecular complexity index is 1390. The van der Waals surface area contributed by atoms with Gasteiger partial charge in [0.05, 0.1) is 47.1 Å². The van der Waals surface area contributed by atoms with E-state index in [9.17, 15) is 19.7 Å². The van der Waals surface area contributed by atoms with E-state index in [1.165, 1.54) is 17.0 Å². The molecule has 0 unspecified atom stereocenters. The second-order valence-corrected chi connectivity index (χ2v) is 8.60. The molecule has 1 heterocycles. The Morgan fingerprint density at radius 2 is 1.62 bits per heavy atom. The third kappa shape index (κ3) is 5.85. The van der Waals surface area contributed by atoms with Crippen LogP contribution in [0.5, 0.6) is 11.5 Å². The van der Waals surface area contributed by atoms with E-state index < -0.39 is 23.0 Å². The molecular weight excluding hydrogens is 502 g/mol. The van der Waals surface area contributed by atoms with Crippen molar-refractivity contribution in [3.63, 3.8) is 0 Å². The number of anilines is 1. The van der Waals surface area contributed by atoms with E-state index >= 15 is 0 Å². The fraction of sp³-hybridized carbons (Fsp3) is 0.241. The molecule has 0 aliphatic carbocycles. The first-order valence-electron chi connectivity index (χ1n) is 12.5. The number of nitrogens with one attached hydrogen (secondary N) is 1. The molecule has 1 N–H and O–H groups in total. The van der Waals surface area contributed by atoms with Crippen LogP contribution in [0, 0.1) is 10.1 Å². The predicted octanol–water partition coefficient (Wildman–Crippen LogP) is 5.68. The summed E-state index contributed by atoms with van der Waals surface area (Å²) in [7, 11) is 0. The van der Waals surface area contributed by atoms with Gasteiger partial charge in [-0.15, -0.1) is 0 Å². The molecule has 0 radical (unpaired) electrons. The number of amides is 2. The van der Waals surface area contributed by atoms with Gasteiger partial charge in [0, 0.05) is 5.70 Å². The SMILES string of the molecule is CCOC(=O)C1=C(C)N(c2ccccc2)C(=O)N[C@H]1c1cc(OCC)c(OCc2ccccc2)cc1[N+](=O)[O-]. The van der Waals surface area contributed by atoms with Gasteiger partial charge in [0.1, 0.15) is 6.61 Å². The Morgan fingerprint density at radius 3 is 2.23 bits per heavy atom. The van der Waals surface area contributed by atoms with E-state index in [0.29, 0.717) is 11.4 Å². The largest absolute Gasteiger partial charge is 0.490 e. The second kappa shape index (κ2) is 12.1. The molecule has 0 spiro atoms. The van der Waals surface area contributed by atoms with Crippen LogP contribution in [-0.2, 0) is 16.1 Å². The van der Waals surface area contributed by atoms with E-state index in [-0.39, 0.29) is 48.1 Å². The summed E-state index contributed by atoms with van der Waals surface area (Å²) in [6.45, 7) is 5.55. The highest BCUT2D eigenvalue weighted by atomic mass is 16.6. The summed E-state index contributed by atoms with van der Waals surface area (Å²) in [6.07, 6.45) is 0. The maximum absolute atomic E-state index is 13.3. The number of allylic oxidation sites excluding steroid dienone is 1. The van der Waals surface area contributed by atoms with Crippen LogP contribution in [0.3, 0.4) is 0 Å². The minimum absolute atomic E-state index is 0.0685. The fourth-order valence-electron chi connectivity index (χ4n) is 4.41. The first-order valence-corrected chi connectivity index (χ1v) is 12.5. The smallest absolute Gasteiger partial charge is 0.338 e. The molecular formula is C29H29N3O7. The summed E-state index contributed by atoms with van der Waals surface area (Å²) in [5.41, 5.74) is 1.50. The van der Waals surface area contributed by atoms with E-state index in [0.717, 1.165) is 5.56 Å². The number of nitrogens with zero attached hydrogens (tertiary/aromatic N) is 2. The van der Waals surface area contributed by atoms with Crippen molar-refractivity contribution in [1.82, 2.24) is 5.32 Å². The Kier molecular flexibility index (Phi) is 8.45. The number of urea groups is 1. The Hall–Kier alpha value is -4.86. The van der Waals surface area contributed by atoms with Gasteiger partial charge in [-0.05, 0) is 44.5 Å². The summed E-state index contributed by atoms with van der Waals surface area (Å²) < 4.78 is 17.0. The minimum Gasteiger partial charge on any atom is -0.490 e. The van der Waals surface area contributed by atoms with Gasteiger partial charge in [0.2, 0.25) is 0 Å². The standard InChI is InChI=1S/C29H29N3O7/c1-4-37-24-16-22(23(32(35)36)17-25(24)39-18-20-12-8-6-9-13-20)27-26(28(33)38-5-2)19(3)31(29(34)30-27)21-14-10-7-11-15-21/h6-17,27H,4-5,18H2,1-3H3,(H,30,34)/t27-/m0/s1. The number of carbonyl (C=O) groups excluding carboxylic acids is 2. The molecule has 1 aliphatic heterocycles. The van der Waals surface area contributed by atoms with Gasteiger partial charge < -0.3 is 19.5 Å². The van der Waals surface area contributed by atoms with Crippen LogP contribution in [0.1, 0.15) is 37.9 Å². The van der Waals surface area contributed by atoms with Crippen LogP contribution in [0.2, 0.25) is 0 Å². The van der Waals surface area contributed by atoms with Crippen molar-refractivity contribution in [3.8, 4) is 11.5 Å². The Balaban J connectivity index is 1.84. The molecule has 3 aromatic carbocycles. The number of ether oxygens (including phenoxy) is 3. The summed E-state index contributed by atoms with van der Waals surface area (Å²) in [5.74, 6) is -0.283. The zero-order valence-corrected chi connectivity index (χ0v) is 21.9. The van der Waals surface area contributed by atoms with Gasteiger partial charge in [0.15, 0.2) is 11.5 Å². The van der Waals surface area contributed by atoms with Gasteiger partial charge in [-0.1, -0.05) is 48.5 Å². The summed E-state index contributed by atoms with van der Waals surface area (Å²) >= 11 is 0. The highest BCUT2D eigenvalue weighted by molar-refractivity contribution is 6.03. The lowest BCUT2D eigenvalue weighted by atomic mass is 9.93. The van der Waals surface area contributed by atoms with Gasteiger partial charge in [-0.25, -0.2) is 9.59 Å². The van der Waals surface area contributed by atoms with Gasteiger partial charge in [-0.3, -0.25) is 15.0 Å². The lowest BCUT2D eigenvalue weighted by Gasteiger charge is -2.35. The Morgan fingerprint density at radius 1 is 0.974 bits per heavy atom. The van der Waals surface area contributed by atoms with Crippen LogP contribution in [0.15, 0.2) is 84.1 Å². The van der Waals surface area contributed by atoms with Crippen LogP contribution < -0.4 is 19.7 Å². The highest BCUT2D eigenvalue weighted by Crippen LogP contribution is 2.43. The lowest BCUT2D eigenvalue weighted by Crippen LogP contribution is -2.48. The molecule has 0 bridgehead atoms. The van der Waals surface area contributed by atoms with Gasteiger partial charge in [-0.2, -0.15) is 0 Å². The van der Waals surface area contributed by atoms with Gasteiger partial charge in [0.25, 0.3) is 5.69 Å². The quantitative estimate of drug-likeness (QED) is 0.203. The normalized spacial score (nSPS) is 15.0. The van der Waals surface area contributed by atoms with E-state index in [4.69, 9.17) is 14.2 Å². The molecule has 0 aromatic heterocycles. The number of hydrogen-bond acceptors (Lipinski definition) is 7. The zero-order chi connectivity index (χ0) is 27.9. The van der Waals surface area contributed by atoms with Crippen LogP contribution in [-0.4, -0.2) is 30.1 Å². The molecule has 0 fully saturated rings. The fourth-order valence-corrected chi connectivity index (χ4v) is 4.41. The number of benzene rings is 3. The average Bonchev–Trinajstić information content (AvgIpc) is 2.93. The zero-order valence-electron chi connectivity index (χ0n) is 21.9. The van der Waals surface area contributed by atoms with E-state index in [2.05, 4.69) is 5.32 Å². The average molecular weight is 532 g/mol. The maximum Gasteiger partial charge on any atom is 0.338 e. The van der Waals surface area contributed by atoms with Crippen molar-refractivity contribution in [3.05, 3.63) is 105 Å². The summed E-state index contributed by atoms with van der Waals surface area (Å²) in [4.78, 5) is 39.6. The molecule has 0 saturated heterocycles. The van der Waals surface area contributed by atoms with Crippen molar-refractivity contribution < 1.29 is 28.7 Å². The van der Waals surface area contributed by atoms with Crippen LogP contribution in [0.25, 0.3) is 0 Å². The molecule has 39 heavy (non-hydrogen) atoms. The molecule has 1 atom stereocenters. The summed E-state index contributed by atoms with van der Waals surface area (Å²) in [6, 6.07) is 19.1. The predicted molar refractivity (Wildman–Crippen MR) is 145 cm³/mol. The second-order valence-electron chi connectivity index (χ2n) is 8.60. The van der Waals surface area contributed by atoms with Crippen molar-refractivity contribution in [2.75, 3.05) is 18.1 Å². The molecule has 202 valence electrons. The molecule has 3 aromatic rings. The first kappa shape index (κ1) is 27.2. The van der Waals surface area contributed by atoms with Crippen LogP contribution >= 0.6 is 0 Å². The molecule has 4 rings (SSSR count). The molecule has 10 nitrogen and oxygen atoms in total.